The van der Waals surface area contributed by atoms with Crippen molar-refractivity contribution in [1.82, 2.24) is 0 Å². The summed E-state index contributed by atoms with van der Waals surface area (Å²) >= 11 is 0. The van der Waals surface area contributed by atoms with Gasteiger partial charge in [-0.25, -0.2) is 0 Å². The summed E-state index contributed by atoms with van der Waals surface area (Å²) in [5.74, 6) is -1.06. The van der Waals surface area contributed by atoms with E-state index in [9.17, 15) is 5.11 Å². The van der Waals surface area contributed by atoms with Crippen molar-refractivity contribution in [1.29, 1.82) is 0 Å². The highest BCUT2D eigenvalue weighted by Crippen LogP contribution is 2.24. The van der Waals surface area contributed by atoms with Gasteiger partial charge in [-0.2, -0.15) is 0 Å². The molecule has 1 rings (SSSR count). The molecule has 0 saturated carbocycles. The molecule has 9 heavy (non-hydrogen) atoms. The lowest BCUT2D eigenvalue weighted by molar-refractivity contribution is -0.205. The molecule has 1 fully saturated rings. The molecule has 1 N–H and O–H groups in total. The Hall–Kier alpha value is -0.120. The van der Waals surface area contributed by atoms with Crippen LogP contribution in [0.4, 0.5) is 0 Å². The number of aliphatic hydroxyl groups is 1. The first-order valence-corrected chi connectivity index (χ1v) is 3.06. The number of ether oxygens (including phenoxy) is 2. The van der Waals surface area contributed by atoms with E-state index in [1.54, 1.807) is 14.0 Å². The summed E-state index contributed by atoms with van der Waals surface area (Å²) in [6, 6.07) is 0. The van der Waals surface area contributed by atoms with E-state index in [2.05, 4.69) is 0 Å². The van der Waals surface area contributed by atoms with Crippen molar-refractivity contribution in [2.75, 3.05) is 13.7 Å². The van der Waals surface area contributed by atoms with Gasteiger partial charge in [0.05, 0.1) is 6.61 Å². The highest BCUT2D eigenvalue weighted by atomic mass is 16.7. The maximum atomic E-state index is 9.31. The van der Waals surface area contributed by atoms with Gasteiger partial charge in [0, 0.05) is 13.5 Å². The average Bonchev–Trinajstić information content (AvgIpc) is 2.08. The predicted molar refractivity (Wildman–Crippen MR) is 32.0 cm³/mol. The Morgan fingerprint density at radius 1 is 1.78 bits per heavy atom. The topological polar surface area (TPSA) is 38.7 Å². The fraction of sp³-hybridized carbons (Fsp3) is 1.00. The summed E-state index contributed by atoms with van der Waals surface area (Å²) in [6.07, 6.45) is 0.626. The van der Waals surface area contributed by atoms with Crippen LogP contribution in [0.2, 0.25) is 0 Å². The van der Waals surface area contributed by atoms with E-state index in [1.807, 2.05) is 0 Å². The molecule has 1 saturated heterocycles. The minimum atomic E-state index is -1.06. The Morgan fingerprint density at radius 3 is 2.67 bits per heavy atom. The van der Waals surface area contributed by atoms with E-state index in [1.165, 1.54) is 0 Å². The van der Waals surface area contributed by atoms with Crippen LogP contribution in [-0.2, 0) is 9.47 Å². The molecule has 3 heteroatoms. The molecule has 0 spiro atoms. The van der Waals surface area contributed by atoms with Crippen LogP contribution in [0.15, 0.2) is 0 Å². The molecule has 0 aliphatic carbocycles. The van der Waals surface area contributed by atoms with Gasteiger partial charge in [0.25, 0.3) is 0 Å². The molecule has 0 aromatic heterocycles. The first-order valence-electron chi connectivity index (χ1n) is 3.06. The van der Waals surface area contributed by atoms with E-state index in [-0.39, 0.29) is 6.10 Å². The van der Waals surface area contributed by atoms with Gasteiger partial charge < -0.3 is 14.6 Å². The van der Waals surface area contributed by atoms with Crippen LogP contribution in [0.1, 0.15) is 13.3 Å². The number of methoxy groups -OCH3 is 1. The van der Waals surface area contributed by atoms with Gasteiger partial charge in [0.1, 0.15) is 6.10 Å². The van der Waals surface area contributed by atoms with Crippen LogP contribution in [0.5, 0.6) is 0 Å². The molecule has 2 atom stereocenters. The van der Waals surface area contributed by atoms with E-state index in [0.29, 0.717) is 6.61 Å². The molecular weight excluding hydrogens is 120 g/mol. The molecular formula is C6H12O3. The zero-order valence-corrected chi connectivity index (χ0v) is 5.76. The molecule has 1 aliphatic heterocycles. The normalized spacial score (nSPS) is 43.7. The first kappa shape index (κ1) is 6.99. The third-order valence-corrected chi connectivity index (χ3v) is 1.66. The Balaban J connectivity index is 2.52. The molecule has 3 nitrogen and oxygen atoms in total. The van der Waals surface area contributed by atoms with Gasteiger partial charge in [-0.05, 0) is 6.92 Å². The van der Waals surface area contributed by atoms with Crippen LogP contribution in [0, 0.1) is 0 Å². The molecule has 0 aromatic carbocycles. The lowest BCUT2D eigenvalue weighted by Gasteiger charge is -2.22. The highest BCUT2D eigenvalue weighted by molar-refractivity contribution is 4.78. The van der Waals surface area contributed by atoms with E-state index >= 15 is 0 Å². The second-order valence-electron chi connectivity index (χ2n) is 2.42. The number of hydrogen-bond acceptors (Lipinski definition) is 3. The van der Waals surface area contributed by atoms with Crippen LogP contribution >= 0.6 is 0 Å². The lowest BCUT2D eigenvalue weighted by Crippen LogP contribution is -2.36. The summed E-state index contributed by atoms with van der Waals surface area (Å²) in [5, 5.41) is 9.31. The van der Waals surface area contributed by atoms with Crippen LogP contribution < -0.4 is 0 Å². The summed E-state index contributed by atoms with van der Waals surface area (Å²) in [5.41, 5.74) is 0. The van der Waals surface area contributed by atoms with Crippen LogP contribution in [0.25, 0.3) is 0 Å². The molecule has 0 amide bonds. The molecule has 0 bridgehead atoms. The summed E-state index contributed by atoms with van der Waals surface area (Å²) < 4.78 is 9.93. The van der Waals surface area contributed by atoms with Crippen LogP contribution in [-0.4, -0.2) is 30.7 Å². The first-order chi connectivity index (χ1) is 4.17. The second kappa shape index (κ2) is 2.25. The Labute approximate surface area is 54.6 Å². The van der Waals surface area contributed by atoms with Gasteiger partial charge in [-0.15, -0.1) is 0 Å². The van der Waals surface area contributed by atoms with Crippen LogP contribution in [0.3, 0.4) is 0 Å². The van der Waals surface area contributed by atoms with Gasteiger partial charge in [-0.3, -0.25) is 0 Å². The third-order valence-electron chi connectivity index (χ3n) is 1.66. The fourth-order valence-electron chi connectivity index (χ4n) is 1.07. The fourth-order valence-corrected chi connectivity index (χ4v) is 1.07. The van der Waals surface area contributed by atoms with Gasteiger partial charge in [0.15, 0.2) is 5.79 Å². The summed E-state index contributed by atoms with van der Waals surface area (Å²) in [6.45, 7) is 2.21. The van der Waals surface area contributed by atoms with Gasteiger partial charge in [-0.1, -0.05) is 0 Å². The largest absolute Gasteiger partial charge is 0.376 e. The molecule has 2 unspecified atom stereocenters. The molecule has 1 heterocycles. The van der Waals surface area contributed by atoms with Crippen molar-refractivity contribution in [3.63, 3.8) is 0 Å². The average molecular weight is 132 g/mol. The monoisotopic (exact) mass is 132 g/mol. The zero-order chi connectivity index (χ0) is 6.91. The highest BCUT2D eigenvalue weighted by Gasteiger charge is 2.38. The number of hydrogen-bond donors (Lipinski definition) is 1. The predicted octanol–water partition coefficient (Wildman–Crippen LogP) is 0.130. The minimum Gasteiger partial charge on any atom is -0.376 e. The second-order valence-corrected chi connectivity index (χ2v) is 2.42. The lowest BCUT2D eigenvalue weighted by atomic mass is 10.2. The van der Waals surface area contributed by atoms with E-state index in [4.69, 9.17) is 9.47 Å². The Kier molecular flexibility index (Phi) is 1.75. The minimum absolute atomic E-state index is 0.155. The molecule has 0 aromatic rings. The Bertz CT molecular complexity index is 100. The Morgan fingerprint density at radius 2 is 2.44 bits per heavy atom. The SMILES string of the molecule is COC1CCOC1(C)O. The van der Waals surface area contributed by atoms with Crippen molar-refractivity contribution in [2.24, 2.45) is 0 Å². The quantitative estimate of drug-likeness (QED) is 0.551. The summed E-state index contributed by atoms with van der Waals surface area (Å²) in [7, 11) is 1.58. The van der Waals surface area contributed by atoms with Gasteiger partial charge >= 0.3 is 0 Å². The zero-order valence-electron chi connectivity index (χ0n) is 5.76. The van der Waals surface area contributed by atoms with Crippen molar-refractivity contribution in [3.05, 3.63) is 0 Å². The molecule has 0 radical (unpaired) electrons. The van der Waals surface area contributed by atoms with Crippen molar-refractivity contribution < 1.29 is 14.6 Å². The van der Waals surface area contributed by atoms with E-state index in [0.717, 1.165) is 6.42 Å². The van der Waals surface area contributed by atoms with Crippen molar-refractivity contribution in [3.8, 4) is 0 Å². The maximum absolute atomic E-state index is 9.31. The van der Waals surface area contributed by atoms with E-state index < -0.39 is 5.79 Å². The maximum Gasteiger partial charge on any atom is 0.189 e. The number of rotatable bonds is 1. The van der Waals surface area contributed by atoms with Crippen molar-refractivity contribution >= 4 is 0 Å². The standard InChI is InChI=1S/C6H12O3/c1-6(7)5(8-2)3-4-9-6/h5,7H,3-4H2,1-2H3. The smallest absolute Gasteiger partial charge is 0.189 e. The van der Waals surface area contributed by atoms with Gasteiger partial charge in [0.2, 0.25) is 0 Å². The van der Waals surface area contributed by atoms with Crippen molar-refractivity contribution in [2.45, 2.75) is 25.2 Å². The molecule has 54 valence electrons. The summed E-state index contributed by atoms with van der Waals surface area (Å²) in [4.78, 5) is 0. The molecule has 1 aliphatic rings. The third kappa shape index (κ3) is 1.23.